The fraction of sp³-hybridized carbons (Fsp3) is 0.176. The molecule has 0 aliphatic carbocycles. The fourth-order valence-corrected chi connectivity index (χ4v) is 2.07. The van der Waals surface area contributed by atoms with Gasteiger partial charge >= 0.3 is 0 Å². The molecular formula is C17H15F2N3O. The summed E-state index contributed by atoms with van der Waals surface area (Å²) in [5.41, 5.74) is 1.15. The molecule has 0 aliphatic rings. The molecule has 0 saturated carbocycles. The number of hydrogen-bond donors (Lipinski definition) is 1. The van der Waals surface area contributed by atoms with E-state index in [9.17, 15) is 13.6 Å². The summed E-state index contributed by atoms with van der Waals surface area (Å²) < 4.78 is 26.6. The average Bonchev–Trinajstić information content (AvgIpc) is 2.51. The highest BCUT2D eigenvalue weighted by Crippen LogP contribution is 2.12. The first-order chi connectivity index (χ1) is 11.0. The molecule has 0 heterocycles. The van der Waals surface area contributed by atoms with E-state index in [0.717, 1.165) is 0 Å². The Morgan fingerprint density at radius 1 is 1.22 bits per heavy atom. The van der Waals surface area contributed by atoms with E-state index < -0.39 is 5.82 Å². The molecule has 2 aromatic rings. The van der Waals surface area contributed by atoms with Gasteiger partial charge in [-0.15, -0.1) is 0 Å². The molecule has 4 nitrogen and oxygen atoms in total. The van der Waals surface area contributed by atoms with Crippen molar-refractivity contribution in [2.75, 3.05) is 18.9 Å². The zero-order valence-electron chi connectivity index (χ0n) is 12.5. The van der Waals surface area contributed by atoms with Gasteiger partial charge in [0.15, 0.2) is 0 Å². The second-order valence-corrected chi connectivity index (χ2v) is 5.15. The van der Waals surface area contributed by atoms with Gasteiger partial charge in [-0.25, -0.2) is 8.78 Å². The Bertz CT molecular complexity index is 738. The zero-order valence-corrected chi connectivity index (χ0v) is 12.5. The highest BCUT2D eigenvalue weighted by atomic mass is 19.1. The Kier molecular flexibility index (Phi) is 5.39. The van der Waals surface area contributed by atoms with Gasteiger partial charge in [-0.3, -0.25) is 9.69 Å². The van der Waals surface area contributed by atoms with Gasteiger partial charge in [-0.2, -0.15) is 5.26 Å². The molecule has 2 rings (SSSR count). The predicted molar refractivity (Wildman–Crippen MR) is 82.5 cm³/mol. The van der Waals surface area contributed by atoms with E-state index in [4.69, 9.17) is 5.26 Å². The quantitative estimate of drug-likeness (QED) is 0.923. The summed E-state index contributed by atoms with van der Waals surface area (Å²) in [4.78, 5) is 13.5. The molecule has 0 bridgehead atoms. The highest BCUT2D eigenvalue weighted by Gasteiger charge is 2.10. The van der Waals surface area contributed by atoms with E-state index in [-0.39, 0.29) is 30.4 Å². The van der Waals surface area contributed by atoms with Crippen molar-refractivity contribution in [3.63, 3.8) is 0 Å². The number of hydrogen-bond acceptors (Lipinski definition) is 3. The van der Waals surface area contributed by atoms with Crippen LogP contribution in [0.2, 0.25) is 0 Å². The number of likely N-dealkylation sites (N-methyl/N-ethyl adjacent to an activating group) is 1. The van der Waals surface area contributed by atoms with Crippen LogP contribution in [0.5, 0.6) is 0 Å². The molecular weight excluding hydrogens is 300 g/mol. The fourth-order valence-electron chi connectivity index (χ4n) is 2.07. The second kappa shape index (κ2) is 7.47. The number of rotatable bonds is 5. The smallest absolute Gasteiger partial charge is 0.238 e. The molecule has 0 radical (unpaired) electrons. The van der Waals surface area contributed by atoms with Crippen molar-refractivity contribution in [3.05, 3.63) is 65.2 Å². The molecule has 1 amide bonds. The maximum atomic E-state index is 13.8. The molecule has 0 fully saturated rings. The first-order valence-electron chi connectivity index (χ1n) is 6.90. The largest absolute Gasteiger partial charge is 0.325 e. The molecule has 1 N–H and O–H groups in total. The van der Waals surface area contributed by atoms with E-state index in [1.807, 2.05) is 6.07 Å². The van der Waals surface area contributed by atoms with Gasteiger partial charge in [-0.05, 0) is 43.4 Å². The van der Waals surface area contributed by atoms with Crippen molar-refractivity contribution in [2.24, 2.45) is 0 Å². The Morgan fingerprint density at radius 3 is 2.52 bits per heavy atom. The van der Waals surface area contributed by atoms with Crippen LogP contribution in [0.25, 0.3) is 0 Å². The van der Waals surface area contributed by atoms with Gasteiger partial charge < -0.3 is 5.32 Å². The van der Waals surface area contributed by atoms with Crippen LogP contribution in [0.4, 0.5) is 14.5 Å². The number of amides is 1. The van der Waals surface area contributed by atoms with Crippen molar-refractivity contribution >= 4 is 11.6 Å². The molecule has 0 unspecified atom stereocenters. The standard InChI is InChI=1S/C17H15F2N3O/c1-22(10-13-3-2-12(9-20)8-16(13)19)11-17(23)21-15-6-4-14(18)5-7-15/h2-8H,10-11H2,1H3,(H,21,23). The van der Waals surface area contributed by atoms with Crippen LogP contribution in [0, 0.1) is 23.0 Å². The van der Waals surface area contributed by atoms with Crippen molar-refractivity contribution < 1.29 is 13.6 Å². The molecule has 0 spiro atoms. The maximum absolute atomic E-state index is 13.8. The van der Waals surface area contributed by atoms with Gasteiger partial charge in [0.25, 0.3) is 0 Å². The lowest BCUT2D eigenvalue weighted by atomic mass is 10.1. The number of carbonyl (C=O) groups is 1. The average molecular weight is 315 g/mol. The minimum Gasteiger partial charge on any atom is -0.325 e. The lowest BCUT2D eigenvalue weighted by Gasteiger charge is -2.17. The summed E-state index contributed by atoms with van der Waals surface area (Å²) in [5.74, 6) is -1.14. The van der Waals surface area contributed by atoms with Gasteiger partial charge in [0.05, 0.1) is 18.2 Å². The van der Waals surface area contributed by atoms with Crippen LogP contribution in [0.1, 0.15) is 11.1 Å². The monoisotopic (exact) mass is 315 g/mol. The van der Waals surface area contributed by atoms with Crippen LogP contribution in [0.3, 0.4) is 0 Å². The van der Waals surface area contributed by atoms with Crippen LogP contribution >= 0.6 is 0 Å². The van der Waals surface area contributed by atoms with Crippen LogP contribution in [-0.4, -0.2) is 24.4 Å². The second-order valence-electron chi connectivity index (χ2n) is 5.15. The number of anilines is 1. The topological polar surface area (TPSA) is 56.1 Å². The number of halogens is 2. The summed E-state index contributed by atoms with van der Waals surface area (Å²) >= 11 is 0. The van der Waals surface area contributed by atoms with Crippen LogP contribution in [0.15, 0.2) is 42.5 Å². The summed E-state index contributed by atoms with van der Waals surface area (Å²) in [7, 11) is 1.68. The Hall–Kier alpha value is -2.78. The normalized spacial score (nSPS) is 10.4. The molecule has 23 heavy (non-hydrogen) atoms. The first-order valence-corrected chi connectivity index (χ1v) is 6.90. The molecule has 0 atom stereocenters. The number of nitriles is 1. The minimum atomic E-state index is -0.477. The van der Waals surface area contributed by atoms with Crippen molar-refractivity contribution in [2.45, 2.75) is 6.54 Å². The Labute approximate surface area is 133 Å². The lowest BCUT2D eigenvalue weighted by Crippen LogP contribution is -2.30. The lowest BCUT2D eigenvalue weighted by molar-refractivity contribution is -0.117. The summed E-state index contributed by atoms with van der Waals surface area (Å²) in [6, 6.07) is 11.5. The number of nitrogens with one attached hydrogen (secondary N) is 1. The summed E-state index contributed by atoms with van der Waals surface area (Å²) in [6.45, 7) is 0.283. The van der Waals surface area contributed by atoms with Crippen molar-refractivity contribution in [1.82, 2.24) is 4.90 Å². The van der Waals surface area contributed by atoms with Crippen molar-refractivity contribution in [1.29, 1.82) is 5.26 Å². The molecule has 6 heteroatoms. The van der Waals surface area contributed by atoms with Crippen LogP contribution < -0.4 is 5.32 Å². The molecule has 2 aromatic carbocycles. The third-order valence-electron chi connectivity index (χ3n) is 3.16. The Morgan fingerprint density at radius 2 is 1.91 bits per heavy atom. The van der Waals surface area contributed by atoms with E-state index in [0.29, 0.717) is 11.3 Å². The summed E-state index contributed by atoms with van der Waals surface area (Å²) in [5, 5.41) is 11.3. The van der Waals surface area contributed by atoms with E-state index in [2.05, 4.69) is 5.32 Å². The molecule has 0 aliphatic heterocycles. The van der Waals surface area contributed by atoms with Gasteiger partial charge in [-0.1, -0.05) is 6.07 Å². The number of nitrogens with zero attached hydrogens (tertiary/aromatic N) is 2. The minimum absolute atomic E-state index is 0.0524. The van der Waals surface area contributed by atoms with Gasteiger partial charge in [0.2, 0.25) is 5.91 Å². The third kappa shape index (κ3) is 4.87. The van der Waals surface area contributed by atoms with Gasteiger partial charge in [0, 0.05) is 17.8 Å². The highest BCUT2D eigenvalue weighted by molar-refractivity contribution is 5.92. The molecule has 118 valence electrons. The first kappa shape index (κ1) is 16.6. The summed E-state index contributed by atoms with van der Waals surface area (Å²) in [6.07, 6.45) is 0. The van der Waals surface area contributed by atoms with Crippen molar-refractivity contribution in [3.8, 4) is 6.07 Å². The van der Waals surface area contributed by atoms with E-state index >= 15 is 0 Å². The van der Waals surface area contributed by atoms with E-state index in [1.54, 1.807) is 11.9 Å². The Balaban J connectivity index is 1.91. The molecule has 0 saturated heterocycles. The number of carbonyl (C=O) groups excluding carboxylic acids is 1. The zero-order chi connectivity index (χ0) is 16.8. The van der Waals surface area contributed by atoms with Crippen LogP contribution in [-0.2, 0) is 11.3 Å². The maximum Gasteiger partial charge on any atom is 0.238 e. The number of benzene rings is 2. The van der Waals surface area contributed by atoms with Gasteiger partial charge in [0.1, 0.15) is 11.6 Å². The molecule has 0 aromatic heterocycles. The SMILES string of the molecule is CN(CC(=O)Nc1ccc(F)cc1)Cc1ccc(C#N)cc1F. The van der Waals surface area contributed by atoms with E-state index in [1.165, 1.54) is 42.5 Å². The third-order valence-corrected chi connectivity index (χ3v) is 3.16. The predicted octanol–water partition coefficient (Wildman–Crippen LogP) is 2.91.